The molecule has 1 unspecified atom stereocenters. The summed E-state index contributed by atoms with van der Waals surface area (Å²) in [7, 11) is 0. The van der Waals surface area contributed by atoms with Gasteiger partial charge in [0.05, 0.1) is 24.3 Å². The lowest BCUT2D eigenvalue weighted by atomic mass is 10.2. The summed E-state index contributed by atoms with van der Waals surface area (Å²) in [4.78, 5) is 0. The number of nitrogens with zero attached hydrogens (tertiary/aromatic N) is 1. The van der Waals surface area contributed by atoms with Gasteiger partial charge in [-0.3, -0.25) is 0 Å². The van der Waals surface area contributed by atoms with E-state index in [2.05, 4.69) is 27.3 Å². The van der Waals surface area contributed by atoms with Crippen LogP contribution in [0.25, 0.3) is 0 Å². The Hall–Kier alpha value is -1.09. The van der Waals surface area contributed by atoms with Crippen molar-refractivity contribution >= 4 is 21.6 Å². The number of hydrogen-bond acceptors (Lipinski definition) is 4. The maximum absolute atomic E-state index is 9.58. The molecule has 17 heavy (non-hydrogen) atoms. The smallest absolute Gasteiger partial charge is 0.0992 e. The van der Waals surface area contributed by atoms with Gasteiger partial charge in [-0.1, -0.05) is 0 Å². The number of halogens is 1. The van der Waals surface area contributed by atoms with E-state index in [0.29, 0.717) is 25.3 Å². The molecule has 92 valence electrons. The molecule has 4 nitrogen and oxygen atoms in total. The Bertz CT molecular complexity index is 404. The quantitative estimate of drug-likeness (QED) is 0.844. The minimum Gasteiger partial charge on any atom is -0.389 e. The van der Waals surface area contributed by atoms with Crippen molar-refractivity contribution in [1.29, 1.82) is 5.26 Å². The van der Waals surface area contributed by atoms with Crippen molar-refractivity contribution in [3.63, 3.8) is 0 Å². The predicted molar refractivity (Wildman–Crippen MR) is 69.8 cm³/mol. The van der Waals surface area contributed by atoms with Crippen LogP contribution >= 0.6 is 15.9 Å². The van der Waals surface area contributed by atoms with E-state index in [9.17, 15) is 5.11 Å². The molecule has 2 N–H and O–H groups in total. The number of nitrogens with one attached hydrogen (secondary N) is 1. The number of rotatable bonds is 6. The summed E-state index contributed by atoms with van der Waals surface area (Å²) >= 11 is 3.36. The van der Waals surface area contributed by atoms with Gasteiger partial charge in [0, 0.05) is 23.3 Å². The van der Waals surface area contributed by atoms with Crippen molar-refractivity contribution in [2.75, 3.05) is 25.1 Å². The summed E-state index contributed by atoms with van der Waals surface area (Å²) in [5.41, 5.74) is 1.44. The monoisotopic (exact) mass is 298 g/mol. The molecular weight excluding hydrogens is 284 g/mol. The Morgan fingerprint density at radius 1 is 1.59 bits per heavy atom. The molecule has 1 aromatic rings. The van der Waals surface area contributed by atoms with E-state index in [4.69, 9.17) is 10.00 Å². The molecule has 0 radical (unpaired) electrons. The zero-order valence-corrected chi connectivity index (χ0v) is 11.2. The Labute approximate surface area is 109 Å². The van der Waals surface area contributed by atoms with Crippen LogP contribution in [0.1, 0.15) is 12.5 Å². The first-order chi connectivity index (χ1) is 8.17. The molecule has 0 saturated carbocycles. The van der Waals surface area contributed by atoms with Gasteiger partial charge in [0.25, 0.3) is 0 Å². The summed E-state index contributed by atoms with van der Waals surface area (Å²) in [6, 6.07) is 7.32. The zero-order chi connectivity index (χ0) is 12.7. The molecule has 0 spiro atoms. The van der Waals surface area contributed by atoms with Gasteiger partial charge in [0.2, 0.25) is 0 Å². The molecule has 0 fully saturated rings. The lowest BCUT2D eigenvalue weighted by molar-refractivity contribution is 0.0496. The molecule has 0 aliphatic carbocycles. The maximum atomic E-state index is 9.58. The second kappa shape index (κ2) is 7.28. The molecule has 0 saturated heterocycles. The van der Waals surface area contributed by atoms with Gasteiger partial charge in [0.1, 0.15) is 0 Å². The second-order valence-corrected chi connectivity index (χ2v) is 4.35. The number of nitriles is 1. The van der Waals surface area contributed by atoms with Crippen molar-refractivity contribution in [2.45, 2.75) is 13.0 Å². The third-order valence-corrected chi connectivity index (χ3v) is 2.80. The van der Waals surface area contributed by atoms with Crippen molar-refractivity contribution in [3.8, 4) is 6.07 Å². The van der Waals surface area contributed by atoms with Crippen LogP contribution in [0.15, 0.2) is 22.7 Å². The number of benzene rings is 1. The van der Waals surface area contributed by atoms with E-state index < -0.39 is 6.10 Å². The van der Waals surface area contributed by atoms with Crippen molar-refractivity contribution in [1.82, 2.24) is 0 Å². The van der Waals surface area contributed by atoms with Crippen LogP contribution in [0.3, 0.4) is 0 Å². The second-order valence-electron chi connectivity index (χ2n) is 3.50. The number of ether oxygens (including phenoxy) is 1. The number of aliphatic hydroxyl groups is 1. The summed E-state index contributed by atoms with van der Waals surface area (Å²) in [6.07, 6.45) is -0.544. The highest BCUT2D eigenvalue weighted by atomic mass is 79.9. The Kier molecular flexibility index (Phi) is 5.98. The average molecular weight is 299 g/mol. The van der Waals surface area contributed by atoms with E-state index in [1.54, 1.807) is 18.2 Å². The Morgan fingerprint density at radius 3 is 2.94 bits per heavy atom. The minimum absolute atomic E-state index is 0.317. The van der Waals surface area contributed by atoms with E-state index in [1.165, 1.54) is 0 Å². The first kappa shape index (κ1) is 14.0. The van der Waals surface area contributed by atoms with Crippen LogP contribution in [0.4, 0.5) is 5.69 Å². The SMILES string of the molecule is CCOCC(O)CNc1ccc(C#N)cc1Br. The topological polar surface area (TPSA) is 65.3 Å². The summed E-state index contributed by atoms with van der Waals surface area (Å²) in [6.45, 7) is 3.21. The van der Waals surface area contributed by atoms with Crippen LogP contribution in [0, 0.1) is 11.3 Å². The molecule has 1 rings (SSSR count). The summed E-state index contributed by atoms with van der Waals surface area (Å²) in [5.74, 6) is 0. The van der Waals surface area contributed by atoms with Crippen molar-refractivity contribution < 1.29 is 9.84 Å². The number of aliphatic hydroxyl groups excluding tert-OH is 1. The molecule has 0 heterocycles. The van der Waals surface area contributed by atoms with Gasteiger partial charge in [-0.25, -0.2) is 0 Å². The summed E-state index contributed by atoms with van der Waals surface area (Å²) in [5, 5.41) is 21.4. The van der Waals surface area contributed by atoms with Gasteiger partial charge in [-0.15, -0.1) is 0 Å². The normalized spacial score (nSPS) is 11.9. The molecule has 1 aromatic carbocycles. The van der Waals surface area contributed by atoms with E-state index in [-0.39, 0.29) is 0 Å². The van der Waals surface area contributed by atoms with Crippen molar-refractivity contribution in [2.24, 2.45) is 0 Å². The minimum atomic E-state index is -0.544. The fraction of sp³-hybridized carbons (Fsp3) is 0.417. The highest BCUT2D eigenvalue weighted by Gasteiger charge is 2.06. The Morgan fingerprint density at radius 2 is 2.35 bits per heavy atom. The van der Waals surface area contributed by atoms with Crippen LogP contribution in [-0.4, -0.2) is 31.0 Å². The highest BCUT2D eigenvalue weighted by Crippen LogP contribution is 2.23. The molecule has 0 aromatic heterocycles. The fourth-order valence-electron chi connectivity index (χ4n) is 1.27. The maximum Gasteiger partial charge on any atom is 0.0992 e. The largest absolute Gasteiger partial charge is 0.389 e. The van der Waals surface area contributed by atoms with Gasteiger partial charge in [-0.05, 0) is 41.1 Å². The van der Waals surface area contributed by atoms with E-state index >= 15 is 0 Å². The first-order valence-electron chi connectivity index (χ1n) is 5.36. The van der Waals surface area contributed by atoms with E-state index in [0.717, 1.165) is 10.2 Å². The lowest BCUT2D eigenvalue weighted by Crippen LogP contribution is -2.24. The predicted octanol–water partition coefficient (Wildman–Crippen LogP) is 2.13. The molecule has 0 amide bonds. The third kappa shape index (κ3) is 4.73. The lowest BCUT2D eigenvalue weighted by Gasteiger charge is -2.13. The van der Waals surface area contributed by atoms with Gasteiger partial charge < -0.3 is 15.2 Å². The molecule has 1 atom stereocenters. The number of anilines is 1. The van der Waals surface area contributed by atoms with Crippen LogP contribution in [0.5, 0.6) is 0 Å². The molecule has 5 heteroatoms. The van der Waals surface area contributed by atoms with Crippen LogP contribution in [0.2, 0.25) is 0 Å². The molecule has 0 bridgehead atoms. The molecule has 0 aliphatic heterocycles. The first-order valence-corrected chi connectivity index (χ1v) is 6.16. The average Bonchev–Trinajstić information content (AvgIpc) is 2.34. The van der Waals surface area contributed by atoms with Crippen LogP contribution < -0.4 is 5.32 Å². The highest BCUT2D eigenvalue weighted by molar-refractivity contribution is 9.10. The van der Waals surface area contributed by atoms with Gasteiger partial charge >= 0.3 is 0 Å². The number of hydrogen-bond donors (Lipinski definition) is 2. The molecule has 0 aliphatic rings. The standard InChI is InChI=1S/C12H15BrN2O2/c1-2-17-8-10(16)7-15-12-4-3-9(6-14)5-11(12)13/h3-5,10,15-16H,2,7-8H2,1H3. The zero-order valence-electron chi connectivity index (χ0n) is 9.61. The summed E-state index contributed by atoms with van der Waals surface area (Å²) < 4.78 is 5.91. The fourth-order valence-corrected chi connectivity index (χ4v) is 1.79. The van der Waals surface area contributed by atoms with Crippen LogP contribution in [-0.2, 0) is 4.74 Å². The molecular formula is C12H15BrN2O2. The van der Waals surface area contributed by atoms with Gasteiger partial charge in [0.15, 0.2) is 0 Å². The van der Waals surface area contributed by atoms with E-state index in [1.807, 2.05) is 6.92 Å². The van der Waals surface area contributed by atoms with Gasteiger partial charge in [-0.2, -0.15) is 5.26 Å². The van der Waals surface area contributed by atoms with Crippen molar-refractivity contribution in [3.05, 3.63) is 28.2 Å². The Balaban J connectivity index is 2.49. The third-order valence-electron chi connectivity index (χ3n) is 2.14.